The fourth-order valence-electron chi connectivity index (χ4n) is 3.71. The minimum atomic E-state index is 0.0576. The van der Waals surface area contributed by atoms with Crippen molar-refractivity contribution in [3.63, 3.8) is 0 Å². The number of hydrogen-bond donors (Lipinski definition) is 1. The average Bonchev–Trinajstić information content (AvgIpc) is 3.11. The number of carbonyl (C=O) groups excluding carboxylic acids is 1. The van der Waals surface area contributed by atoms with Crippen LogP contribution in [0.5, 0.6) is 0 Å². The highest BCUT2D eigenvalue weighted by atomic mass is 35.5. The third kappa shape index (κ3) is 4.53. The van der Waals surface area contributed by atoms with Gasteiger partial charge in [0.15, 0.2) is 0 Å². The van der Waals surface area contributed by atoms with Gasteiger partial charge in [-0.3, -0.25) is 4.79 Å². The Morgan fingerprint density at radius 2 is 2.11 bits per heavy atom. The molecule has 27 heavy (non-hydrogen) atoms. The molecule has 0 radical (unpaired) electrons. The second-order valence-electron chi connectivity index (χ2n) is 7.53. The molecule has 0 aliphatic carbocycles. The Morgan fingerprint density at radius 3 is 2.93 bits per heavy atom. The number of rotatable bonds is 5. The predicted octanol–water partition coefficient (Wildman–Crippen LogP) is 5.53. The standard InChI is InChI=1S/C21H25ClN2OS2/c1-14-5-9-24(10-6-14)8-2-7-23-21(25)19-11-15-13-26-18-12-16(22)3-4-17(18)20(15)27-19/h3-4,11-12,14H,2,5-10,13H2,1H3,(H,23,25). The van der Waals surface area contributed by atoms with Gasteiger partial charge in [0.1, 0.15) is 0 Å². The SMILES string of the molecule is CC1CCN(CCCNC(=O)c2cc3c(s2)-c2ccc(Cl)cc2SC3)CC1. The molecular formula is C21H25ClN2OS2. The number of piperidine rings is 1. The molecule has 1 saturated heterocycles. The van der Waals surface area contributed by atoms with E-state index in [1.165, 1.54) is 46.8 Å². The highest BCUT2D eigenvalue weighted by molar-refractivity contribution is 7.98. The maximum absolute atomic E-state index is 12.6. The van der Waals surface area contributed by atoms with E-state index in [1.54, 1.807) is 23.1 Å². The van der Waals surface area contributed by atoms with Gasteiger partial charge in [0.05, 0.1) is 4.88 Å². The van der Waals surface area contributed by atoms with E-state index in [1.807, 2.05) is 12.1 Å². The van der Waals surface area contributed by atoms with Crippen LogP contribution in [0.3, 0.4) is 0 Å². The molecule has 0 saturated carbocycles. The molecule has 0 bridgehead atoms. The monoisotopic (exact) mass is 420 g/mol. The first kappa shape index (κ1) is 19.3. The van der Waals surface area contributed by atoms with E-state index in [0.29, 0.717) is 0 Å². The number of amides is 1. The molecule has 6 heteroatoms. The maximum Gasteiger partial charge on any atom is 0.261 e. The number of halogens is 1. The van der Waals surface area contributed by atoms with Crippen molar-refractivity contribution in [2.45, 2.75) is 36.8 Å². The molecule has 2 aliphatic rings. The molecule has 3 heterocycles. The lowest BCUT2D eigenvalue weighted by Gasteiger charge is -2.30. The maximum atomic E-state index is 12.6. The summed E-state index contributed by atoms with van der Waals surface area (Å²) in [6.07, 6.45) is 3.62. The normalized spacial score (nSPS) is 17.4. The summed E-state index contributed by atoms with van der Waals surface area (Å²) >= 11 is 9.51. The Balaban J connectivity index is 1.32. The van der Waals surface area contributed by atoms with E-state index in [-0.39, 0.29) is 5.91 Å². The van der Waals surface area contributed by atoms with E-state index in [2.05, 4.69) is 29.3 Å². The summed E-state index contributed by atoms with van der Waals surface area (Å²) in [5, 5.41) is 3.87. The van der Waals surface area contributed by atoms with E-state index in [4.69, 9.17) is 11.6 Å². The van der Waals surface area contributed by atoms with Crippen LogP contribution in [0.4, 0.5) is 0 Å². The summed E-state index contributed by atoms with van der Waals surface area (Å²) in [5.41, 5.74) is 2.46. The summed E-state index contributed by atoms with van der Waals surface area (Å²) in [4.78, 5) is 18.3. The number of thioether (sulfide) groups is 1. The molecule has 0 spiro atoms. The van der Waals surface area contributed by atoms with Crippen LogP contribution in [0.15, 0.2) is 29.2 Å². The molecule has 1 aromatic carbocycles. The van der Waals surface area contributed by atoms with Crippen LogP contribution in [0.1, 0.15) is 41.4 Å². The molecule has 2 aromatic rings. The van der Waals surface area contributed by atoms with Crippen LogP contribution in [0, 0.1) is 5.92 Å². The third-order valence-electron chi connectivity index (χ3n) is 5.42. The lowest BCUT2D eigenvalue weighted by molar-refractivity contribution is 0.0954. The van der Waals surface area contributed by atoms with E-state index in [9.17, 15) is 4.79 Å². The Kier molecular flexibility index (Phi) is 6.12. The molecule has 1 amide bonds. The van der Waals surface area contributed by atoms with Crippen molar-refractivity contribution in [1.29, 1.82) is 0 Å². The highest BCUT2D eigenvalue weighted by Gasteiger charge is 2.22. The number of nitrogens with zero attached hydrogens (tertiary/aromatic N) is 1. The summed E-state index contributed by atoms with van der Waals surface area (Å²) in [5.74, 6) is 1.83. The molecule has 2 aliphatic heterocycles. The van der Waals surface area contributed by atoms with Crippen LogP contribution in [0.25, 0.3) is 10.4 Å². The smallest absolute Gasteiger partial charge is 0.261 e. The largest absolute Gasteiger partial charge is 0.351 e. The minimum Gasteiger partial charge on any atom is -0.351 e. The second-order valence-corrected chi connectivity index (χ2v) is 10.0. The van der Waals surface area contributed by atoms with Crippen molar-refractivity contribution < 1.29 is 4.79 Å². The molecule has 1 N–H and O–H groups in total. The van der Waals surface area contributed by atoms with Crippen molar-refractivity contribution in [1.82, 2.24) is 10.2 Å². The van der Waals surface area contributed by atoms with Gasteiger partial charge < -0.3 is 10.2 Å². The predicted molar refractivity (Wildman–Crippen MR) is 116 cm³/mol. The van der Waals surface area contributed by atoms with E-state index < -0.39 is 0 Å². The van der Waals surface area contributed by atoms with Gasteiger partial charge in [0.2, 0.25) is 0 Å². The summed E-state index contributed by atoms with van der Waals surface area (Å²) in [6.45, 7) is 6.57. The number of benzene rings is 1. The van der Waals surface area contributed by atoms with Crippen LogP contribution in [0.2, 0.25) is 5.02 Å². The first-order valence-electron chi connectivity index (χ1n) is 9.66. The Morgan fingerprint density at radius 1 is 1.30 bits per heavy atom. The molecule has 4 rings (SSSR count). The number of likely N-dealkylation sites (tertiary alicyclic amines) is 1. The Hall–Kier alpha value is -1.01. The molecule has 1 aromatic heterocycles. The second kappa shape index (κ2) is 8.56. The lowest BCUT2D eigenvalue weighted by Crippen LogP contribution is -2.35. The van der Waals surface area contributed by atoms with Crippen LogP contribution >= 0.6 is 34.7 Å². The first-order valence-corrected chi connectivity index (χ1v) is 11.8. The molecule has 3 nitrogen and oxygen atoms in total. The molecular weight excluding hydrogens is 396 g/mol. The van der Waals surface area contributed by atoms with Gasteiger partial charge in [-0.2, -0.15) is 0 Å². The topological polar surface area (TPSA) is 32.3 Å². The molecule has 144 valence electrons. The zero-order valence-corrected chi connectivity index (χ0v) is 18.0. The molecule has 0 atom stereocenters. The van der Waals surface area contributed by atoms with E-state index in [0.717, 1.165) is 41.1 Å². The zero-order chi connectivity index (χ0) is 18.8. The quantitative estimate of drug-likeness (QED) is 0.645. The minimum absolute atomic E-state index is 0.0576. The Bertz CT molecular complexity index is 828. The van der Waals surface area contributed by atoms with Gasteiger partial charge in [-0.25, -0.2) is 0 Å². The molecule has 1 fully saturated rings. The number of fused-ring (bicyclic) bond motifs is 3. The van der Waals surface area contributed by atoms with Gasteiger partial charge in [-0.15, -0.1) is 23.1 Å². The average molecular weight is 421 g/mol. The van der Waals surface area contributed by atoms with Crippen molar-refractivity contribution in [3.05, 3.63) is 39.7 Å². The van der Waals surface area contributed by atoms with Crippen molar-refractivity contribution in [2.75, 3.05) is 26.2 Å². The van der Waals surface area contributed by atoms with Crippen molar-refractivity contribution in [2.24, 2.45) is 5.92 Å². The highest BCUT2D eigenvalue weighted by Crippen LogP contribution is 2.46. The van der Waals surface area contributed by atoms with Crippen molar-refractivity contribution >= 4 is 40.6 Å². The van der Waals surface area contributed by atoms with Gasteiger partial charge in [-0.05, 0) is 68.6 Å². The first-order chi connectivity index (χ1) is 13.1. The number of carbonyl (C=O) groups is 1. The fraction of sp³-hybridized carbons (Fsp3) is 0.476. The Labute approximate surface area is 174 Å². The summed E-state index contributed by atoms with van der Waals surface area (Å²) in [6, 6.07) is 8.08. The number of nitrogens with one attached hydrogen (secondary N) is 1. The summed E-state index contributed by atoms with van der Waals surface area (Å²) < 4.78 is 0. The van der Waals surface area contributed by atoms with E-state index >= 15 is 0 Å². The lowest BCUT2D eigenvalue weighted by atomic mass is 9.99. The van der Waals surface area contributed by atoms with Crippen molar-refractivity contribution in [3.8, 4) is 10.4 Å². The van der Waals surface area contributed by atoms with Gasteiger partial charge in [0, 0.05) is 32.7 Å². The zero-order valence-electron chi connectivity index (χ0n) is 15.6. The van der Waals surface area contributed by atoms with Crippen LogP contribution in [-0.2, 0) is 5.75 Å². The fourth-order valence-corrected chi connectivity index (χ4v) is 6.32. The van der Waals surface area contributed by atoms with Gasteiger partial charge in [-0.1, -0.05) is 24.6 Å². The molecule has 0 unspecified atom stereocenters. The third-order valence-corrected chi connectivity index (χ3v) is 7.97. The number of hydrogen-bond acceptors (Lipinski definition) is 4. The van der Waals surface area contributed by atoms with Gasteiger partial charge in [0.25, 0.3) is 5.91 Å². The van der Waals surface area contributed by atoms with Gasteiger partial charge >= 0.3 is 0 Å². The summed E-state index contributed by atoms with van der Waals surface area (Å²) in [7, 11) is 0. The van der Waals surface area contributed by atoms with Crippen LogP contribution in [-0.4, -0.2) is 37.0 Å². The van der Waals surface area contributed by atoms with Crippen LogP contribution < -0.4 is 5.32 Å². The number of thiophene rings is 1.